The second-order valence-corrected chi connectivity index (χ2v) is 13.8. The van der Waals surface area contributed by atoms with Gasteiger partial charge in [0.15, 0.2) is 5.69 Å². The maximum Gasteiger partial charge on any atom is 0.261 e. The quantitative estimate of drug-likeness (QED) is 0.0382. The van der Waals surface area contributed by atoms with Crippen molar-refractivity contribution in [3.8, 4) is 6.07 Å². The molecular weight excluding hydrogens is 636 g/mol. The monoisotopic (exact) mass is 680 g/mol. The maximum absolute atomic E-state index is 14.0. The average Bonchev–Trinajstić information content (AvgIpc) is 3.13. The van der Waals surface area contributed by atoms with E-state index < -0.39 is 11.8 Å². The number of benzene rings is 5. The van der Waals surface area contributed by atoms with E-state index in [0.29, 0.717) is 91.3 Å². The molecule has 2 heterocycles. The van der Waals surface area contributed by atoms with Gasteiger partial charge in [0.25, 0.3) is 23.6 Å². The van der Waals surface area contributed by atoms with Crippen molar-refractivity contribution in [1.29, 1.82) is 5.26 Å². The first-order chi connectivity index (χ1) is 24.4. The van der Waals surface area contributed by atoms with Crippen LogP contribution in [-0.2, 0) is 0 Å². The molecule has 0 unspecified atom stereocenters. The van der Waals surface area contributed by atoms with Crippen LogP contribution in [0.15, 0.2) is 36.4 Å². The second-order valence-electron chi connectivity index (χ2n) is 13.8. The molecule has 7 rings (SSSR count). The number of hydrogen-bond donors (Lipinski definition) is 0. The highest BCUT2D eigenvalue weighted by Gasteiger charge is 2.38. The predicted molar refractivity (Wildman–Crippen MR) is 203 cm³/mol. The van der Waals surface area contributed by atoms with Crippen LogP contribution in [0, 0.1) is 17.9 Å². The summed E-state index contributed by atoms with van der Waals surface area (Å²) in [7, 11) is 0. The number of amides is 4. The molecule has 8 nitrogen and oxygen atoms in total. The van der Waals surface area contributed by atoms with E-state index in [1.54, 1.807) is 36.4 Å². The molecule has 8 heteroatoms. The molecule has 0 spiro atoms. The molecule has 5 aromatic rings. The standard InChI is InChI=1S/C42H40N4O4.CH4/c1-4-6-8-10-12-14-20-45-39(47)28-19-17-27-36-32(44-3)23-31-35-29(40(48)46(42(31)50)21-15-13-11-9-7-5-2)18-16-26(38(35)36)33-25(24-43)22-30(41(45)49)34(28)37(27)33;/h16-19,22-23H,4-15,20-21H2,1-2H3;1H4. The third kappa shape index (κ3) is 5.58. The average molecular weight is 681 g/mol. The molecule has 0 fully saturated rings. The minimum atomic E-state index is -0.417. The number of nitriles is 1. The Morgan fingerprint density at radius 3 is 1.49 bits per heavy atom. The van der Waals surface area contributed by atoms with Crippen molar-refractivity contribution in [3.63, 3.8) is 0 Å². The summed E-state index contributed by atoms with van der Waals surface area (Å²) in [6.07, 6.45) is 12.2. The lowest BCUT2D eigenvalue weighted by molar-refractivity contribution is 0.0592. The van der Waals surface area contributed by atoms with Crippen LogP contribution < -0.4 is 0 Å². The normalized spacial score (nSPS) is 13.9. The smallest absolute Gasteiger partial charge is 0.261 e. The topological polar surface area (TPSA) is 103 Å². The summed E-state index contributed by atoms with van der Waals surface area (Å²) in [5.41, 5.74) is 1.91. The molecule has 2 aliphatic rings. The van der Waals surface area contributed by atoms with Crippen LogP contribution in [0.2, 0.25) is 0 Å². The molecule has 5 aromatic carbocycles. The first-order valence-electron chi connectivity index (χ1n) is 18.2. The van der Waals surface area contributed by atoms with Crippen LogP contribution in [-0.4, -0.2) is 46.5 Å². The van der Waals surface area contributed by atoms with Crippen LogP contribution in [0.3, 0.4) is 0 Å². The van der Waals surface area contributed by atoms with Crippen molar-refractivity contribution in [2.75, 3.05) is 13.1 Å². The van der Waals surface area contributed by atoms with Crippen molar-refractivity contribution < 1.29 is 19.2 Å². The zero-order valence-corrected chi connectivity index (χ0v) is 28.8. The summed E-state index contributed by atoms with van der Waals surface area (Å²) in [6.45, 7) is 13.2. The highest BCUT2D eigenvalue weighted by Crippen LogP contribution is 2.50. The minimum absolute atomic E-state index is 0. The van der Waals surface area contributed by atoms with E-state index in [0.717, 1.165) is 64.2 Å². The van der Waals surface area contributed by atoms with E-state index in [2.05, 4.69) is 24.8 Å². The van der Waals surface area contributed by atoms with Crippen LogP contribution in [0.1, 0.15) is 145 Å². The molecule has 4 amide bonds. The first kappa shape index (κ1) is 35.5. The fourth-order valence-electron chi connectivity index (χ4n) is 8.23. The number of unbranched alkanes of at least 4 members (excludes halogenated alkanes) is 10. The van der Waals surface area contributed by atoms with E-state index in [1.807, 2.05) is 0 Å². The Hall–Kier alpha value is -5.34. The van der Waals surface area contributed by atoms with E-state index in [-0.39, 0.29) is 30.5 Å². The van der Waals surface area contributed by atoms with Gasteiger partial charge < -0.3 is 0 Å². The van der Waals surface area contributed by atoms with Gasteiger partial charge in [-0.05, 0) is 64.0 Å². The largest absolute Gasteiger partial charge is 0.274 e. The summed E-state index contributed by atoms with van der Waals surface area (Å²) in [4.78, 5) is 62.3. The van der Waals surface area contributed by atoms with E-state index >= 15 is 0 Å². The molecule has 0 atom stereocenters. The summed E-state index contributed by atoms with van der Waals surface area (Å²) in [6, 6.07) is 12.5. The van der Waals surface area contributed by atoms with Gasteiger partial charge in [0, 0.05) is 45.9 Å². The van der Waals surface area contributed by atoms with Crippen molar-refractivity contribution in [2.45, 2.75) is 98.3 Å². The fourth-order valence-corrected chi connectivity index (χ4v) is 8.23. The molecule has 2 aliphatic heterocycles. The molecule has 0 saturated heterocycles. The SMILES string of the molecule is C.[C-]#[N+]c1cc2c3c(ccc4c5c(C#N)cc6c7c(ccc(c1c34)c75)C(=O)N(CCCCCCCC)C6=O)C(=O)N(CCCCCCCC)C2=O. The number of hydrogen-bond acceptors (Lipinski definition) is 5. The summed E-state index contributed by atoms with van der Waals surface area (Å²) in [5, 5.41) is 15.0. The van der Waals surface area contributed by atoms with Crippen molar-refractivity contribution in [3.05, 3.63) is 75.6 Å². The Kier molecular flexibility index (Phi) is 10.1. The van der Waals surface area contributed by atoms with Gasteiger partial charge in [0.05, 0.1) is 23.8 Å². The Morgan fingerprint density at radius 2 is 1.00 bits per heavy atom. The van der Waals surface area contributed by atoms with E-state index in [4.69, 9.17) is 6.57 Å². The Morgan fingerprint density at radius 1 is 0.569 bits per heavy atom. The minimum Gasteiger partial charge on any atom is -0.274 e. The van der Waals surface area contributed by atoms with Crippen molar-refractivity contribution in [2.24, 2.45) is 0 Å². The van der Waals surface area contributed by atoms with E-state index in [1.165, 1.54) is 9.80 Å². The third-order valence-corrected chi connectivity index (χ3v) is 10.7. The number of rotatable bonds is 14. The maximum atomic E-state index is 14.0. The molecule has 260 valence electrons. The molecule has 0 aliphatic carbocycles. The summed E-state index contributed by atoms with van der Waals surface area (Å²) >= 11 is 0. The predicted octanol–water partition coefficient (Wildman–Crippen LogP) is 10.7. The molecule has 51 heavy (non-hydrogen) atoms. The van der Waals surface area contributed by atoms with Gasteiger partial charge in [-0.3, -0.25) is 29.0 Å². The summed E-state index contributed by atoms with van der Waals surface area (Å²) in [5.74, 6) is -1.55. The lowest BCUT2D eigenvalue weighted by atomic mass is 9.80. The van der Waals surface area contributed by atoms with Crippen LogP contribution in [0.5, 0.6) is 0 Å². The molecule has 0 bridgehead atoms. The summed E-state index contributed by atoms with van der Waals surface area (Å²) < 4.78 is 0. The van der Waals surface area contributed by atoms with Gasteiger partial charge in [-0.15, -0.1) is 0 Å². The van der Waals surface area contributed by atoms with Gasteiger partial charge in [0.1, 0.15) is 0 Å². The van der Waals surface area contributed by atoms with Crippen LogP contribution >= 0.6 is 0 Å². The number of fused-ring (bicyclic) bond motifs is 2. The molecule has 0 N–H and O–H groups in total. The van der Waals surface area contributed by atoms with Gasteiger partial charge >= 0.3 is 0 Å². The molecule has 0 aromatic heterocycles. The van der Waals surface area contributed by atoms with Gasteiger partial charge in [-0.1, -0.05) is 97.6 Å². The van der Waals surface area contributed by atoms with Crippen LogP contribution in [0.4, 0.5) is 5.69 Å². The Labute approximate surface area is 299 Å². The van der Waals surface area contributed by atoms with E-state index in [9.17, 15) is 24.4 Å². The van der Waals surface area contributed by atoms with Crippen molar-refractivity contribution >= 4 is 72.4 Å². The van der Waals surface area contributed by atoms with Crippen molar-refractivity contribution in [1.82, 2.24) is 9.80 Å². The third-order valence-electron chi connectivity index (χ3n) is 10.7. The molecular formula is C43H44N4O4. The van der Waals surface area contributed by atoms with Gasteiger partial charge in [-0.2, -0.15) is 5.26 Å². The Balaban J connectivity index is 0.00000448. The lowest BCUT2D eigenvalue weighted by Crippen LogP contribution is -2.41. The Bertz CT molecular complexity index is 2160. The molecule has 0 saturated carbocycles. The number of carbonyl (C=O) groups excluding carboxylic acids is 4. The second kappa shape index (κ2) is 14.5. The zero-order valence-electron chi connectivity index (χ0n) is 28.8. The lowest BCUT2D eigenvalue weighted by Gasteiger charge is -2.31. The highest BCUT2D eigenvalue weighted by atomic mass is 16.2. The fraction of sp³-hybridized carbons (Fsp3) is 0.395. The molecule has 0 radical (unpaired) electrons. The van der Waals surface area contributed by atoms with Crippen LogP contribution in [0.25, 0.3) is 47.9 Å². The van der Waals surface area contributed by atoms with Gasteiger partial charge in [0.2, 0.25) is 0 Å². The first-order valence-corrected chi connectivity index (χ1v) is 18.2. The number of imide groups is 2. The van der Waals surface area contributed by atoms with Gasteiger partial charge in [-0.25, -0.2) is 4.85 Å². The zero-order chi connectivity index (χ0) is 35.1. The number of nitrogens with zero attached hydrogens (tertiary/aromatic N) is 4. The highest BCUT2D eigenvalue weighted by molar-refractivity contribution is 6.43. The number of carbonyl (C=O) groups is 4.